The first-order chi connectivity index (χ1) is 9.35. The monoisotopic (exact) mass is 283 g/mol. The second-order valence-corrected chi connectivity index (χ2v) is 4.95. The van der Waals surface area contributed by atoms with Gasteiger partial charge in [-0.1, -0.05) is 6.92 Å². The summed E-state index contributed by atoms with van der Waals surface area (Å²) in [7, 11) is 0. The summed E-state index contributed by atoms with van der Waals surface area (Å²) in [6, 6.07) is 3.23. The minimum atomic E-state index is -0.658. The summed E-state index contributed by atoms with van der Waals surface area (Å²) in [5, 5.41) is 0. The van der Waals surface area contributed by atoms with Gasteiger partial charge in [-0.3, -0.25) is 9.59 Å². The van der Waals surface area contributed by atoms with Crippen LogP contribution in [0.1, 0.15) is 32.3 Å². The van der Waals surface area contributed by atoms with Crippen LogP contribution in [0.3, 0.4) is 0 Å². The summed E-state index contributed by atoms with van der Waals surface area (Å²) in [5.74, 6) is -3.01. The molecule has 0 unspecified atom stereocenters. The van der Waals surface area contributed by atoms with E-state index in [2.05, 4.69) is 0 Å². The first-order valence-corrected chi connectivity index (χ1v) is 6.59. The minimum absolute atomic E-state index is 0.0956. The van der Waals surface area contributed by atoms with Gasteiger partial charge in [0.2, 0.25) is 5.91 Å². The molecule has 0 aliphatic heterocycles. The number of ketones is 1. The number of halogens is 2. The molecular formula is C15H19F2NO2. The summed E-state index contributed by atoms with van der Waals surface area (Å²) in [5.41, 5.74) is 5.79. The highest BCUT2D eigenvalue weighted by Crippen LogP contribution is 2.23. The number of nitrogens with two attached hydrogens (primary N) is 1. The first kappa shape index (κ1) is 16.3. The number of carbonyl (C=O) groups is 2. The van der Waals surface area contributed by atoms with Crippen molar-refractivity contribution in [1.29, 1.82) is 0 Å². The third-order valence-electron chi connectivity index (χ3n) is 3.48. The van der Waals surface area contributed by atoms with Crippen molar-refractivity contribution in [1.82, 2.24) is 0 Å². The van der Waals surface area contributed by atoms with Crippen molar-refractivity contribution in [2.45, 2.75) is 33.1 Å². The van der Waals surface area contributed by atoms with E-state index in [-0.39, 0.29) is 5.78 Å². The molecule has 0 spiro atoms. The quantitative estimate of drug-likeness (QED) is 0.836. The summed E-state index contributed by atoms with van der Waals surface area (Å²) >= 11 is 0. The third kappa shape index (κ3) is 4.40. The Labute approximate surface area is 117 Å². The van der Waals surface area contributed by atoms with Gasteiger partial charge in [-0.15, -0.1) is 0 Å². The molecule has 0 radical (unpaired) electrons. The normalized spacial score (nSPS) is 13.8. The number of rotatable bonds is 7. The van der Waals surface area contributed by atoms with Crippen molar-refractivity contribution in [2.24, 2.45) is 17.6 Å². The van der Waals surface area contributed by atoms with Crippen molar-refractivity contribution in [2.75, 3.05) is 0 Å². The van der Waals surface area contributed by atoms with Gasteiger partial charge in [0, 0.05) is 17.9 Å². The van der Waals surface area contributed by atoms with Crippen LogP contribution < -0.4 is 5.73 Å². The van der Waals surface area contributed by atoms with Gasteiger partial charge < -0.3 is 5.73 Å². The molecule has 0 bridgehead atoms. The SMILES string of the molecule is CC[C@@H](C(C)=O)[C@H](CCc1cc(F)cc(F)c1)C(N)=O. The van der Waals surface area contributed by atoms with Crippen molar-refractivity contribution >= 4 is 11.7 Å². The maximum atomic E-state index is 13.1. The first-order valence-electron chi connectivity index (χ1n) is 6.59. The Morgan fingerprint density at radius 2 is 1.70 bits per heavy atom. The smallest absolute Gasteiger partial charge is 0.221 e. The van der Waals surface area contributed by atoms with Gasteiger partial charge in [0.25, 0.3) is 0 Å². The van der Waals surface area contributed by atoms with Gasteiger partial charge in [0.1, 0.15) is 17.4 Å². The second kappa shape index (κ2) is 7.12. The maximum absolute atomic E-state index is 13.1. The second-order valence-electron chi connectivity index (χ2n) is 4.95. The highest BCUT2D eigenvalue weighted by Gasteiger charge is 2.28. The number of Topliss-reactive ketones (excluding diaryl/α,β-unsaturated/α-hetero) is 1. The van der Waals surface area contributed by atoms with Crippen LogP contribution in [0.2, 0.25) is 0 Å². The zero-order valence-corrected chi connectivity index (χ0v) is 11.7. The van der Waals surface area contributed by atoms with Gasteiger partial charge in [-0.25, -0.2) is 8.78 Å². The topological polar surface area (TPSA) is 60.2 Å². The van der Waals surface area contributed by atoms with Crippen LogP contribution in [-0.4, -0.2) is 11.7 Å². The van der Waals surface area contributed by atoms with Gasteiger partial charge >= 0.3 is 0 Å². The molecule has 0 heterocycles. The summed E-state index contributed by atoms with van der Waals surface area (Å²) < 4.78 is 26.2. The molecule has 1 aromatic carbocycles. The van der Waals surface area contributed by atoms with Crippen molar-refractivity contribution in [3.8, 4) is 0 Å². The molecular weight excluding hydrogens is 264 g/mol. The Morgan fingerprint density at radius 1 is 1.15 bits per heavy atom. The highest BCUT2D eigenvalue weighted by molar-refractivity contribution is 5.86. The molecule has 0 aliphatic rings. The maximum Gasteiger partial charge on any atom is 0.221 e. The molecule has 2 N–H and O–H groups in total. The standard InChI is InChI=1S/C15H19F2NO2/c1-3-13(9(2)19)14(15(18)20)5-4-10-6-11(16)8-12(17)7-10/h6-8,13-14H,3-5H2,1-2H3,(H2,18,20)/t13-,14-/m0/s1. The molecule has 5 heteroatoms. The average Bonchev–Trinajstić information content (AvgIpc) is 2.32. The minimum Gasteiger partial charge on any atom is -0.369 e. The molecule has 3 nitrogen and oxygen atoms in total. The lowest BCUT2D eigenvalue weighted by Crippen LogP contribution is -2.33. The Kier molecular flexibility index (Phi) is 5.80. The van der Waals surface area contributed by atoms with Crippen molar-refractivity contribution in [3.05, 3.63) is 35.4 Å². The van der Waals surface area contributed by atoms with Crippen LogP contribution in [0.5, 0.6) is 0 Å². The fourth-order valence-electron chi connectivity index (χ4n) is 2.47. The predicted octanol–water partition coefficient (Wildman–Crippen LogP) is 2.61. The molecule has 1 aromatic rings. The number of primary amides is 1. The number of hydrogen-bond donors (Lipinski definition) is 1. The van der Waals surface area contributed by atoms with E-state index in [0.29, 0.717) is 24.8 Å². The number of aryl methyl sites for hydroxylation is 1. The van der Waals surface area contributed by atoms with Crippen molar-refractivity contribution < 1.29 is 18.4 Å². The molecule has 0 saturated carbocycles. The van der Waals surface area contributed by atoms with E-state index >= 15 is 0 Å². The van der Waals surface area contributed by atoms with Gasteiger partial charge in [0.05, 0.1) is 0 Å². The molecule has 2 atom stereocenters. The number of carbonyl (C=O) groups excluding carboxylic acids is 2. The predicted molar refractivity (Wildman–Crippen MR) is 71.8 cm³/mol. The van der Waals surface area contributed by atoms with Gasteiger partial charge in [0.15, 0.2) is 0 Å². The van der Waals surface area contributed by atoms with Crippen LogP contribution in [0.4, 0.5) is 8.78 Å². The van der Waals surface area contributed by atoms with E-state index in [9.17, 15) is 18.4 Å². The molecule has 1 rings (SSSR count). The number of benzene rings is 1. The lowest BCUT2D eigenvalue weighted by molar-refractivity contribution is -0.131. The van der Waals surface area contributed by atoms with E-state index in [1.54, 1.807) is 0 Å². The Balaban J connectivity index is 2.81. The number of amides is 1. The zero-order valence-electron chi connectivity index (χ0n) is 11.7. The van der Waals surface area contributed by atoms with E-state index < -0.39 is 29.4 Å². The number of hydrogen-bond acceptors (Lipinski definition) is 2. The largest absolute Gasteiger partial charge is 0.369 e. The molecule has 0 aromatic heterocycles. The molecule has 0 aliphatic carbocycles. The highest BCUT2D eigenvalue weighted by atomic mass is 19.1. The fourth-order valence-corrected chi connectivity index (χ4v) is 2.47. The fraction of sp³-hybridized carbons (Fsp3) is 0.467. The molecule has 20 heavy (non-hydrogen) atoms. The van der Waals surface area contributed by atoms with Crippen LogP contribution in [0.15, 0.2) is 18.2 Å². The van der Waals surface area contributed by atoms with Crippen LogP contribution in [0, 0.1) is 23.5 Å². The third-order valence-corrected chi connectivity index (χ3v) is 3.48. The van der Waals surface area contributed by atoms with Crippen LogP contribution >= 0.6 is 0 Å². The van der Waals surface area contributed by atoms with Crippen molar-refractivity contribution in [3.63, 3.8) is 0 Å². The zero-order chi connectivity index (χ0) is 15.3. The Morgan fingerprint density at radius 3 is 2.10 bits per heavy atom. The molecule has 0 fully saturated rings. The lowest BCUT2D eigenvalue weighted by Gasteiger charge is -2.21. The molecule has 110 valence electrons. The van der Waals surface area contributed by atoms with E-state index in [1.807, 2.05) is 6.92 Å². The summed E-state index contributed by atoms with van der Waals surface area (Å²) in [6.45, 7) is 3.23. The summed E-state index contributed by atoms with van der Waals surface area (Å²) in [4.78, 5) is 23.0. The molecule has 0 saturated heterocycles. The van der Waals surface area contributed by atoms with Crippen LogP contribution in [0.25, 0.3) is 0 Å². The lowest BCUT2D eigenvalue weighted by atomic mass is 9.82. The van der Waals surface area contributed by atoms with E-state index in [4.69, 9.17) is 5.73 Å². The van der Waals surface area contributed by atoms with E-state index in [0.717, 1.165) is 6.07 Å². The van der Waals surface area contributed by atoms with Gasteiger partial charge in [-0.2, -0.15) is 0 Å². The summed E-state index contributed by atoms with van der Waals surface area (Å²) in [6.07, 6.45) is 1.11. The van der Waals surface area contributed by atoms with Gasteiger partial charge in [-0.05, 0) is 43.9 Å². The molecule has 1 amide bonds. The van der Waals surface area contributed by atoms with E-state index in [1.165, 1.54) is 19.1 Å². The Hall–Kier alpha value is -1.78. The Bertz CT molecular complexity index is 482. The van der Waals surface area contributed by atoms with Crippen LogP contribution in [-0.2, 0) is 16.0 Å². The average molecular weight is 283 g/mol.